The van der Waals surface area contributed by atoms with E-state index in [2.05, 4.69) is 0 Å². The summed E-state index contributed by atoms with van der Waals surface area (Å²) in [5.74, 6) is -10.3. The molecular formula is C29H36N2O8. The third kappa shape index (κ3) is 4.15. The van der Waals surface area contributed by atoms with Gasteiger partial charge in [0.15, 0.2) is 34.7 Å². The summed E-state index contributed by atoms with van der Waals surface area (Å²) in [6, 6.07) is 0.694. The summed E-state index contributed by atoms with van der Waals surface area (Å²) in [5.41, 5.74) is 4.50. The van der Waals surface area contributed by atoms with Gasteiger partial charge in [0, 0.05) is 11.5 Å². The number of ketones is 4. The highest BCUT2D eigenvalue weighted by Gasteiger charge is 2.69. The van der Waals surface area contributed by atoms with Crippen LogP contribution in [0.1, 0.15) is 65.6 Å². The van der Waals surface area contributed by atoms with Gasteiger partial charge in [-0.25, -0.2) is 0 Å². The number of primary amides is 1. The topological polar surface area (TPSA) is 164 Å². The molecule has 3 fully saturated rings. The zero-order valence-electron chi connectivity index (χ0n) is 22.6. The Kier molecular flexibility index (Phi) is 7.01. The zero-order valence-corrected chi connectivity index (χ0v) is 22.6. The predicted molar refractivity (Wildman–Crippen MR) is 138 cm³/mol. The molecule has 3 saturated carbocycles. The first kappa shape index (κ1) is 27.6. The number of hydrogen-bond donors (Lipinski definition) is 3. The number of carbonyl (C=O) groups is 5. The number of benzene rings is 1. The summed E-state index contributed by atoms with van der Waals surface area (Å²) < 4.78 is 6.03. The number of phenols is 1. The highest BCUT2D eigenvalue weighted by atomic mass is 16.5. The molecule has 5 rings (SSSR count). The van der Waals surface area contributed by atoms with Crippen molar-refractivity contribution in [3.63, 3.8) is 0 Å². The molecule has 39 heavy (non-hydrogen) atoms. The maximum Gasteiger partial charge on any atom is 0.235 e. The first-order chi connectivity index (χ1) is 18.4. The summed E-state index contributed by atoms with van der Waals surface area (Å²) in [6.07, 6.45) is 5.62. The number of amides is 1. The van der Waals surface area contributed by atoms with Crippen molar-refractivity contribution in [2.45, 2.75) is 76.2 Å². The first-order valence-corrected chi connectivity index (χ1v) is 13.7. The molecule has 0 aliphatic heterocycles. The molecule has 0 bridgehead atoms. The maximum absolute atomic E-state index is 13.9. The van der Waals surface area contributed by atoms with E-state index in [1.807, 2.05) is 6.92 Å². The number of aryl methyl sites for hydroxylation is 1. The summed E-state index contributed by atoms with van der Waals surface area (Å²) >= 11 is 0. The zero-order chi connectivity index (χ0) is 28.4. The molecule has 1 aromatic carbocycles. The van der Waals surface area contributed by atoms with E-state index in [0.29, 0.717) is 11.1 Å². The standard InChI is InChI=1S/C29H36N2O8/c1-13-9-15(12-39-16-7-5-4-6-8-16)23(32)20-17(13)10-14-11-18-22(31(2)3)25(34)21(28(30)37)27(36)29(18,38)26(35)19(14)24(20)33/h9,14,16,18-19,21-22,32,38H,4-8,10-12H2,1-3H3,(H2,30,37). The van der Waals surface area contributed by atoms with Crippen LogP contribution in [0.2, 0.25) is 0 Å². The van der Waals surface area contributed by atoms with Gasteiger partial charge in [-0.05, 0) is 69.8 Å². The van der Waals surface area contributed by atoms with E-state index in [4.69, 9.17) is 10.5 Å². The lowest BCUT2D eigenvalue weighted by Crippen LogP contribution is -2.74. The molecule has 1 amide bonds. The highest BCUT2D eigenvalue weighted by Crippen LogP contribution is 2.51. The van der Waals surface area contributed by atoms with Gasteiger partial charge in [-0.15, -0.1) is 0 Å². The van der Waals surface area contributed by atoms with Crippen LogP contribution in [-0.2, 0) is 36.9 Å². The Labute approximate surface area is 226 Å². The third-order valence-corrected chi connectivity index (χ3v) is 9.39. The first-order valence-electron chi connectivity index (χ1n) is 13.7. The van der Waals surface area contributed by atoms with Crippen molar-refractivity contribution in [1.29, 1.82) is 0 Å². The Morgan fingerprint density at radius 3 is 2.41 bits per heavy atom. The van der Waals surface area contributed by atoms with Crippen LogP contribution < -0.4 is 5.73 Å². The fourth-order valence-electron chi connectivity index (χ4n) is 7.48. The highest BCUT2D eigenvalue weighted by molar-refractivity contribution is 6.32. The molecule has 6 atom stereocenters. The van der Waals surface area contributed by atoms with Crippen molar-refractivity contribution >= 4 is 29.0 Å². The lowest BCUT2D eigenvalue weighted by atomic mass is 9.52. The fraction of sp³-hybridized carbons (Fsp3) is 0.621. The molecule has 0 spiro atoms. The summed E-state index contributed by atoms with van der Waals surface area (Å²) in [6.45, 7) is 1.96. The van der Waals surface area contributed by atoms with Gasteiger partial charge < -0.3 is 20.7 Å². The van der Waals surface area contributed by atoms with E-state index >= 15 is 0 Å². The van der Waals surface area contributed by atoms with Gasteiger partial charge in [-0.1, -0.05) is 19.3 Å². The van der Waals surface area contributed by atoms with Gasteiger partial charge in [-0.2, -0.15) is 0 Å². The SMILES string of the molecule is Cc1cc(COC2CCCCC2)c(O)c2c1CC1CC3C(N(C)C)C(=O)C(C(N)=O)C(=O)C3(O)C(=O)C1C2=O. The molecule has 4 aliphatic rings. The molecule has 6 unspecified atom stereocenters. The number of nitrogens with two attached hydrogens (primary N) is 1. The Morgan fingerprint density at radius 2 is 1.79 bits per heavy atom. The van der Waals surface area contributed by atoms with Gasteiger partial charge in [0.2, 0.25) is 5.91 Å². The summed E-state index contributed by atoms with van der Waals surface area (Å²) in [7, 11) is 3.13. The molecule has 0 aromatic heterocycles. The van der Waals surface area contributed by atoms with Crippen LogP contribution in [0.4, 0.5) is 0 Å². The van der Waals surface area contributed by atoms with Crippen molar-refractivity contribution in [3.8, 4) is 5.75 Å². The number of phenolic OH excluding ortho intramolecular Hbond substituents is 1. The monoisotopic (exact) mass is 540 g/mol. The number of fused-ring (bicyclic) bond motifs is 3. The van der Waals surface area contributed by atoms with E-state index in [1.54, 1.807) is 20.2 Å². The van der Waals surface area contributed by atoms with E-state index < -0.39 is 64.4 Å². The largest absolute Gasteiger partial charge is 0.507 e. The lowest BCUT2D eigenvalue weighted by Gasteiger charge is -2.52. The van der Waals surface area contributed by atoms with Gasteiger partial charge >= 0.3 is 0 Å². The third-order valence-electron chi connectivity index (χ3n) is 9.39. The van der Waals surface area contributed by atoms with E-state index in [0.717, 1.165) is 31.2 Å². The minimum atomic E-state index is -2.72. The molecular weight excluding hydrogens is 504 g/mol. The summed E-state index contributed by atoms with van der Waals surface area (Å²) in [4.78, 5) is 67.9. The number of nitrogens with zero attached hydrogens (tertiary/aromatic N) is 1. The molecule has 4 N–H and O–H groups in total. The molecule has 10 heteroatoms. The molecule has 10 nitrogen and oxygen atoms in total. The van der Waals surface area contributed by atoms with E-state index in [1.165, 1.54) is 11.3 Å². The predicted octanol–water partition coefficient (Wildman–Crippen LogP) is 1.02. The maximum atomic E-state index is 13.9. The molecule has 0 heterocycles. The second-order valence-electron chi connectivity index (χ2n) is 11.9. The molecule has 210 valence electrons. The second-order valence-corrected chi connectivity index (χ2v) is 11.9. The fourth-order valence-corrected chi connectivity index (χ4v) is 7.48. The quantitative estimate of drug-likeness (QED) is 0.463. The van der Waals surface area contributed by atoms with Crippen LogP contribution in [-0.4, -0.2) is 76.0 Å². The number of ether oxygens (including phenoxy) is 1. The second kappa shape index (κ2) is 9.91. The van der Waals surface area contributed by atoms with Crippen LogP contribution in [0.15, 0.2) is 6.07 Å². The number of aliphatic hydroxyl groups is 1. The van der Waals surface area contributed by atoms with Gasteiger partial charge in [-0.3, -0.25) is 28.9 Å². The average Bonchev–Trinajstić information content (AvgIpc) is 2.87. The van der Waals surface area contributed by atoms with Crippen LogP contribution in [0, 0.1) is 30.6 Å². The van der Waals surface area contributed by atoms with Crippen LogP contribution in [0.5, 0.6) is 5.75 Å². The van der Waals surface area contributed by atoms with E-state index in [-0.39, 0.29) is 36.9 Å². The number of rotatable bonds is 5. The molecule has 4 aliphatic carbocycles. The van der Waals surface area contributed by atoms with Crippen molar-refractivity contribution in [3.05, 3.63) is 28.3 Å². The van der Waals surface area contributed by atoms with Crippen molar-refractivity contribution in [2.24, 2.45) is 29.4 Å². The minimum absolute atomic E-state index is 0.0174. The normalized spacial score (nSPS) is 33.1. The van der Waals surface area contributed by atoms with Crippen molar-refractivity contribution in [1.82, 2.24) is 4.90 Å². The van der Waals surface area contributed by atoms with Crippen molar-refractivity contribution < 1.29 is 38.9 Å². The number of Topliss-reactive ketones (excluding diaryl/α,β-unsaturated/α-hetero) is 4. The van der Waals surface area contributed by atoms with Gasteiger partial charge in [0.25, 0.3) is 0 Å². The average molecular weight is 541 g/mol. The Morgan fingerprint density at radius 1 is 1.13 bits per heavy atom. The van der Waals surface area contributed by atoms with Crippen LogP contribution >= 0.6 is 0 Å². The number of hydrogen-bond acceptors (Lipinski definition) is 9. The number of carbonyl (C=O) groups excluding carboxylic acids is 5. The van der Waals surface area contributed by atoms with Crippen molar-refractivity contribution in [2.75, 3.05) is 14.1 Å². The molecule has 1 aromatic rings. The summed E-state index contributed by atoms with van der Waals surface area (Å²) in [5, 5.41) is 22.9. The van der Waals surface area contributed by atoms with Crippen LogP contribution in [0.25, 0.3) is 0 Å². The smallest absolute Gasteiger partial charge is 0.235 e. The Bertz CT molecular complexity index is 1270. The van der Waals surface area contributed by atoms with E-state index in [9.17, 15) is 34.2 Å². The minimum Gasteiger partial charge on any atom is -0.507 e. The van der Waals surface area contributed by atoms with Gasteiger partial charge in [0.05, 0.1) is 30.2 Å². The molecule has 0 radical (unpaired) electrons. The lowest BCUT2D eigenvalue weighted by molar-refractivity contribution is -0.181. The Balaban J connectivity index is 1.53. The molecule has 0 saturated heterocycles. The Hall–Kier alpha value is -2.95. The van der Waals surface area contributed by atoms with Gasteiger partial charge in [0.1, 0.15) is 5.75 Å². The number of aromatic hydroxyl groups is 1. The number of likely N-dealkylation sites (N-methyl/N-ethyl adjacent to an activating group) is 1. The van der Waals surface area contributed by atoms with Crippen LogP contribution in [0.3, 0.4) is 0 Å².